The van der Waals surface area contributed by atoms with Gasteiger partial charge in [-0.1, -0.05) is 6.92 Å². The van der Waals surface area contributed by atoms with Crippen LogP contribution in [0.1, 0.15) is 29.6 Å². The van der Waals surface area contributed by atoms with Crippen LogP contribution in [-0.2, 0) is 11.2 Å². The number of hydrogen-bond donors (Lipinski definition) is 1. The molecule has 0 fully saturated rings. The summed E-state index contributed by atoms with van der Waals surface area (Å²) in [4.78, 5) is 15.4. The van der Waals surface area contributed by atoms with Gasteiger partial charge >= 0.3 is 5.97 Å². The summed E-state index contributed by atoms with van der Waals surface area (Å²) in [6.07, 6.45) is 0.481. The molecule has 0 amide bonds. The highest BCUT2D eigenvalue weighted by atomic mass is 16.4. The number of aryl methyl sites for hydroxylation is 3. The maximum Gasteiger partial charge on any atom is 0.306 e. The summed E-state index contributed by atoms with van der Waals surface area (Å²) in [7, 11) is 0. The van der Waals surface area contributed by atoms with Gasteiger partial charge in [-0.2, -0.15) is 5.10 Å². The lowest BCUT2D eigenvalue weighted by molar-refractivity contribution is -0.141. The van der Waals surface area contributed by atoms with E-state index in [0.29, 0.717) is 6.42 Å². The SMILES string of the molecule is Cc1cc2nc(C)c(CC(C)C(=O)O)c(C)n2n1. The topological polar surface area (TPSA) is 67.5 Å². The smallest absolute Gasteiger partial charge is 0.306 e. The fourth-order valence-corrected chi connectivity index (χ4v) is 2.13. The highest BCUT2D eigenvalue weighted by molar-refractivity contribution is 5.70. The molecule has 96 valence electrons. The Balaban J connectivity index is 2.53. The molecule has 0 radical (unpaired) electrons. The molecule has 0 aliphatic heterocycles. The van der Waals surface area contributed by atoms with Gasteiger partial charge in [0.1, 0.15) is 0 Å². The minimum absolute atomic E-state index is 0.418. The Morgan fingerprint density at radius 2 is 2.11 bits per heavy atom. The molecule has 0 aromatic carbocycles. The van der Waals surface area contributed by atoms with Crippen LogP contribution in [0.5, 0.6) is 0 Å². The maximum atomic E-state index is 11.0. The van der Waals surface area contributed by atoms with Crippen LogP contribution >= 0.6 is 0 Å². The molecule has 18 heavy (non-hydrogen) atoms. The van der Waals surface area contributed by atoms with Gasteiger partial charge < -0.3 is 5.11 Å². The first-order chi connectivity index (χ1) is 8.40. The number of hydrogen-bond acceptors (Lipinski definition) is 3. The molecular weight excluding hydrogens is 230 g/mol. The second-order valence-corrected chi connectivity index (χ2v) is 4.76. The van der Waals surface area contributed by atoms with Crippen LogP contribution in [0.4, 0.5) is 0 Å². The van der Waals surface area contributed by atoms with Crippen LogP contribution in [-0.4, -0.2) is 25.7 Å². The van der Waals surface area contributed by atoms with Crippen molar-refractivity contribution < 1.29 is 9.90 Å². The van der Waals surface area contributed by atoms with E-state index in [2.05, 4.69) is 10.1 Å². The largest absolute Gasteiger partial charge is 0.481 e. The summed E-state index contributed by atoms with van der Waals surface area (Å²) >= 11 is 0. The lowest BCUT2D eigenvalue weighted by Crippen LogP contribution is -2.16. The summed E-state index contributed by atoms with van der Waals surface area (Å²) in [5.74, 6) is -1.20. The van der Waals surface area contributed by atoms with E-state index in [1.165, 1.54) is 0 Å². The summed E-state index contributed by atoms with van der Waals surface area (Å²) in [5.41, 5.74) is 4.55. The van der Waals surface area contributed by atoms with Crippen molar-refractivity contribution in [1.82, 2.24) is 14.6 Å². The van der Waals surface area contributed by atoms with E-state index in [1.54, 1.807) is 11.4 Å². The number of aliphatic carboxylic acids is 1. The Kier molecular flexibility index (Phi) is 3.07. The van der Waals surface area contributed by atoms with E-state index in [4.69, 9.17) is 5.11 Å². The van der Waals surface area contributed by atoms with Crippen molar-refractivity contribution in [3.63, 3.8) is 0 Å². The van der Waals surface area contributed by atoms with E-state index < -0.39 is 11.9 Å². The molecule has 5 heteroatoms. The highest BCUT2D eigenvalue weighted by Gasteiger charge is 2.17. The molecule has 5 nitrogen and oxygen atoms in total. The van der Waals surface area contributed by atoms with Gasteiger partial charge in [0.2, 0.25) is 0 Å². The summed E-state index contributed by atoms with van der Waals surface area (Å²) in [6.45, 7) is 7.50. The second-order valence-electron chi connectivity index (χ2n) is 4.76. The first kappa shape index (κ1) is 12.5. The minimum Gasteiger partial charge on any atom is -0.481 e. The average molecular weight is 247 g/mol. The highest BCUT2D eigenvalue weighted by Crippen LogP contribution is 2.18. The Hall–Kier alpha value is -1.91. The Labute approximate surface area is 105 Å². The third-order valence-electron chi connectivity index (χ3n) is 3.22. The Morgan fingerprint density at radius 1 is 1.44 bits per heavy atom. The molecule has 2 rings (SSSR count). The van der Waals surface area contributed by atoms with Gasteiger partial charge in [-0.05, 0) is 32.8 Å². The summed E-state index contributed by atoms with van der Waals surface area (Å²) in [5, 5.41) is 13.4. The number of nitrogens with zero attached hydrogens (tertiary/aromatic N) is 3. The zero-order valence-electron chi connectivity index (χ0n) is 11.1. The molecule has 0 spiro atoms. The molecule has 1 unspecified atom stereocenters. The molecule has 2 heterocycles. The normalized spacial score (nSPS) is 12.9. The number of fused-ring (bicyclic) bond motifs is 1. The monoisotopic (exact) mass is 247 g/mol. The van der Waals surface area contributed by atoms with E-state index in [9.17, 15) is 4.79 Å². The Bertz CT molecular complexity index is 616. The van der Waals surface area contributed by atoms with Gasteiger partial charge in [0.25, 0.3) is 0 Å². The third-order valence-corrected chi connectivity index (χ3v) is 3.22. The average Bonchev–Trinajstić information content (AvgIpc) is 2.64. The van der Waals surface area contributed by atoms with Crippen LogP contribution in [0.15, 0.2) is 6.07 Å². The number of carbonyl (C=O) groups is 1. The quantitative estimate of drug-likeness (QED) is 0.899. The number of carboxylic acids is 1. The van der Waals surface area contributed by atoms with Crippen molar-refractivity contribution in [3.05, 3.63) is 28.7 Å². The van der Waals surface area contributed by atoms with Gasteiger partial charge in [-0.25, -0.2) is 9.50 Å². The Morgan fingerprint density at radius 3 is 2.72 bits per heavy atom. The molecule has 0 aliphatic rings. The lowest BCUT2D eigenvalue weighted by Gasteiger charge is -2.13. The molecule has 0 bridgehead atoms. The first-order valence-electron chi connectivity index (χ1n) is 5.95. The predicted molar refractivity (Wildman–Crippen MR) is 67.7 cm³/mol. The van der Waals surface area contributed by atoms with Crippen molar-refractivity contribution in [2.75, 3.05) is 0 Å². The van der Waals surface area contributed by atoms with Gasteiger partial charge in [0, 0.05) is 17.5 Å². The summed E-state index contributed by atoms with van der Waals surface area (Å²) < 4.78 is 1.78. The molecule has 0 saturated heterocycles. The lowest BCUT2D eigenvalue weighted by atomic mass is 9.99. The van der Waals surface area contributed by atoms with E-state index >= 15 is 0 Å². The molecule has 2 aromatic rings. The van der Waals surface area contributed by atoms with E-state index in [0.717, 1.165) is 28.3 Å². The zero-order chi connectivity index (χ0) is 13.4. The van der Waals surface area contributed by atoms with Crippen LogP contribution < -0.4 is 0 Å². The van der Waals surface area contributed by atoms with E-state index in [1.807, 2.05) is 26.8 Å². The number of aromatic nitrogens is 3. The molecule has 1 N–H and O–H groups in total. The fraction of sp³-hybridized carbons (Fsp3) is 0.462. The molecule has 2 aromatic heterocycles. The van der Waals surface area contributed by atoms with Crippen LogP contribution in [0, 0.1) is 26.7 Å². The number of carboxylic acid groups (broad SMARTS) is 1. The van der Waals surface area contributed by atoms with Gasteiger partial charge in [0.05, 0.1) is 11.6 Å². The molecule has 0 aliphatic carbocycles. The third kappa shape index (κ3) is 2.08. The maximum absolute atomic E-state index is 11.0. The first-order valence-corrected chi connectivity index (χ1v) is 5.95. The van der Waals surface area contributed by atoms with Gasteiger partial charge in [-0.15, -0.1) is 0 Å². The van der Waals surface area contributed by atoms with Crippen LogP contribution in [0.25, 0.3) is 5.65 Å². The van der Waals surface area contributed by atoms with Crippen LogP contribution in [0.3, 0.4) is 0 Å². The van der Waals surface area contributed by atoms with Gasteiger partial charge in [0.15, 0.2) is 5.65 Å². The van der Waals surface area contributed by atoms with Crippen molar-refractivity contribution in [2.45, 2.75) is 34.1 Å². The summed E-state index contributed by atoms with van der Waals surface area (Å²) in [6, 6.07) is 1.92. The molecule has 0 saturated carbocycles. The second kappa shape index (κ2) is 4.40. The predicted octanol–water partition coefficient (Wildman–Crippen LogP) is 1.92. The standard InChI is InChI=1S/C13H17N3O2/c1-7(13(17)18)5-11-9(3)14-12-6-8(2)15-16(12)10(11)4/h6-7H,5H2,1-4H3,(H,17,18). The van der Waals surface area contributed by atoms with Crippen molar-refractivity contribution in [2.24, 2.45) is 5.92 Å². The van der Waals surface area contributed by atoms with Crippen molar-refractivity contribution >= 4 is 11.6 Å². The zero-order valence-corrected chi connectivity index (χ0v) is 11.1. The minimum atomic E-state index is -0.787. The van der Waals surface area contributed by atoms with Crippen molar-refractivity contribution in [1.29, 1.82) is 0 Å². The van der Waals surface area contributed by atoms with Gasteiger partial charge in [-0.3, -0.25) is 4.79 Å². The van der Waals surface area contributed by atoms with Crippen molar-refractivity contribution in [3.8, 4) is 0 Å². The van der Waals surface area contributed by atoms with E-state index in [-0.39, 0.29) is 0 Å². The fourth-order valence-electron chi connectivity index (χ4n) is 2.13. The molecule has 1 atom stereocenters. The van der Waals surface area contributed by atoms with Crippen LogP contribution in [0.2, 0.25) is 0 Å². The number of rotatable bonds is 3. The molecular formula is C13H17N3O2.